The van der Waals surface area contributed by atoms with E-state index in [2.05, 4.69) is 24.1 Å². The third kappa shape index (κ3) is 3.86. The predicted octanol–water partition coefficient (Wildman–Crippen LogP) is 2.53. The Balaban J connectivity index is 2.37. The standard InChI is InChI=1S/C16H25FN2O2/c1-11(2)8-14(19-6-4-18-5-7-19)13-9-12(17)10-15(21-3)16(13)20/h9-11,14,18,20H,4-8H2,1-3H3/t14-/m0/s1. The van der Waals surface area contributed by atoms with Crippen LogP contribution in [0.3, 0.4) is 0 Å². The van der Waals surface area contributed by atoms with Crippen LogP contribution in [0.4, 0.5) is 4.39 Å². The van der Waals surface area contributed by atoms with Crippen LogP contribution in [0, 0.1) is 11.7 Å². The average molecular weight is 296 g/mol. The zero-order valence-electron chi connectivity index (χ0n) is 13.0. The Hall–Kier alpha value is -1.33. The maximum atomic E-state index is 13.8. The van der Waals surface area contributed by atoms with Crippen molar-refractivity contribution in [2.24, 2.45) is 5.92 Å². The molecule has 0 aliphatic carbocycles. The summed E-state index contributed by atoms with van der Waals surface area (Å²) in [5, 5.41) is 13.7. The lowest BCUT2D eigenvalue weighted by atomic mass is 9.94. The molecule has 118 valence electrons. The molecule has 0 aromatic heterocycles. The number of rotatable bonds is 5. The highest BCUT2D eigenvalue weighted by molar-refractivity contribution is 5.47. The summed E-state index contributed by atoms with van der Waals surface area (Å²) in [7, 11) is 1.44. The van der Waals surface area contributed by atoms with E-state index in [9.17, 15) is 9.50 Å². The summed E-state index contributed by atoms with van der Waals surface area (Å²) in [6.45, 7) is 7.92. The second-order valence-corrected chi connectivity index (χ2v) is 5.98. The molecule has 0 unspecified atom stereocenters. The Morgan fingerprint density at radius 2 is 2.00 bits per heavy atom. The van der Waals surface area contributed by atoms with Gasteiger partial charge in [-0.05, 0) is 18.4 Å². The molecular formula is C16H25FN2O2. The number of hydrogen-bond donors (Lipinski definition) is 2. The van der Waals surface area contributed by atoms with Crippen molar-refractivity contribution >= 4 is 0 Å². The molecule has 1 fully saturated rings. The topological polar surface area (TPSA) is 44.7 Å². The predicted molar refractivity (Wildman–Crippen MR) is 81.3 cm³/mol. The van der Waals surface area contributed by atoms with E-state index in [1.165, 1.54) is 19.2 Å². The van der Waals surface area contributed by atoms with Gasteiger partial charge in [0.25, 0.3) is 0 Å². The van der Waals surface area contributed by atoms with Crippen molar-refractivity contribution in [1.82, 2.24) is 10.2 Å². The second-order valence-electron chi connectivity index (χ2n) is 5.98. The molecule has 1 aliphatic heterocycles. The number of nitrogens with zero attached hydrogens (tertiary/aromatic N) is 1. The number of aromatic hydroxyl groups is 1. The van der Waals surface area contributed by atoms with E-state index < -0.39 is 0 Å². The molecule has 0 radical (unpaired) electrons. The zero-order valence-corrected chi connectivity index (χ0v) is 13.0. The summed E-state index contributed by atoms with van der Waals surface area (Å²) in [4.78, 5) is 2.31. The minimum absolute atomic E-state index is 0.0108. The summed E-state index contributed by atoms with van der Waals surface area (Å²) in [5.41, 5.74) is 0.627. The fourth-order valence-corrected chi connectivity index (χ4v) is 2.92. The quantitative estimate of drug-likeness (QED) is 0.876. The number of piperazine rings is 1. The molecule has 1 aliphatic rings. The highest BCUT2D eigenvalue weighted by atomic mass is 19.1. The number of phenolic OH excluding ortho intramolecular Hbond substituents is 1. The van der Waals surface area contributed by atoms with Gasteiger partial charge in [0.2, 0.25) is 0 Å². The first-order valence-electron chi connectivity index (χ1n) is 7.54. The molecule has 1 aromatic carbocycles. The maximum absolute atomic E-state index is 13.8. The summed E-state index contributed by atoms with van der Waals surface area (Å²) in [6.07, 6.45) is 0.875. The lowest BCUT2D eigenvalue weighted by molar-refractivity contribution is 0.151. The van der Waals surface area contributed by atoms with Gasteiger partial charge >= 0.3 is 0 Å². The van der Waals surface area contributed by atoms with Gasteiger partial charge in [0, 0.05) is 43.9 Å². The van der Waals surface area contributed by atoms with Crippen LogP contribution in [0.25, 0.3) is 0 Å². The van der Waals surface area contributed by atoms with Crippen LogP contribution >= 0.6 is 0 Å². The lowest BCUT2D eigenvalue weighted by Gasteiger charge is -2.36. The molecule has 1 atom stereocenters. The first-order valence-corrected chi connectivity index (χ1v) is 7.54. The van der Waals surface area contributed by atoms with Gasteiger partial charge in [-0.25, -0.2) is 4.39 Å². The fourth-order valence-electron chi connectivity index (χ4n) is 2.92. The van der Waals surface area contributed by atoms with Crippen molar-refractivity contribution in [3.05, 3.63) is 23.5 Å². The Bertz CT molecular complexity index is 474. The molecule has 2 N–H and O–H groups in total. The van der Waals surface area contributed by atoms with Gasteiger partial charge < -0.3 is 15.2 Å². The van der Waals surface area contributed by atoms with Crippen molar-refractivity contribution < 1.29 is 14.2 Å². The van der Waals surface area contributed by atoms with Crippen LogP contribution in [-0.2, 0) is 0 Å². The Morgan fingerprint density at radius 1 is 1.33 bits per heavy atom. The lowest BCUT2D eigenvalue weighted by Crippen LogP contribution is -2.45. The van der Waals surface area contributed by atoms with E-state index in [1.807, 2.05) is 0 Å². The van der Waals surface area contributed by atoms with Crippen LogP contribution in [0.15, 0.2) is 12.1 Å². The number of benzene rings is 1. The molecule has 21 heavy (non-hydrogen) atoms. The number of hydrogen-bond acceptors (Lipinski definition) is 4. The molecule has 1 heterocycles. The van der Waals surface area contributed by atoms with E-state index in [4.69, 9.17) is 4.74 Å². The summed E-state index contributed by atoms with van der Waals surface area (Å²) in [6, 6.07) is 2.67. The van der Waals surface area contributed by atoms with E-state index >= 15 is 0 Å². The van der Waals surface area contributed by atoms with Crippen LogP contribution in [0.5, 0.6) is 11.5 Å². The number of halogens is 1. The minimum Gasteiger partial charge on any atom is -0.504 e. The third-order valence-corrected chi connectivity index (χ3v) is 3.94. The smallest absolute Gasteiger partial charge is 0.163 e. The summed E-state index contributed by atoms with van der Waals surface area (Å²) < 4.78 is 18.9. The van der Waals surface area contributed by atoms with Crippen LogP contribution in [-0.4, -0.2) is 43.3 Å². The van der Waals surface area contributed by atoms with Gasteiger partial charge in [-0.2, -0.15) is 0 Å². The van der Waals surface area contributed by atoms with Gasteiger partial charge in [-0.1, -0.05) is 13.8 Å². The largest absolute Gasteiger partial charge is 0.504 e. The molecule has 0 spiro atoms. The molecule has 5 heteroatoms. The number of nitrogens with one attached hydrogen (secondary N) is 1. The molecule has 4 nitrogen and oxygen atoms in total. The van der Waals surface area contributed by atoms with Crippen molar-refractivity contribution in [2.45, 2.75) is 26.3 Å². The highest BCUT2D eigenvalue weighted by Crippen LogP contribution is 2.39. The summed E-state index contributed by atoms with van der Waals surface area (Å²) in [5.74, 6) is 0.346. The number of phenols is 1. The Kier molecular flexibility index (Phi) is 5.42. The molecule has 0 bridgehead atoms. The van der Waals surface area contributed by atoms with Gasteiger partial charge in [-0.3, -0.25) is 4.90 Å². The SMILES string of the molecule is COc1cc(F)cc([C@H](CC(C)C)N2CCNCC2)c1O. The van der Waals surface area contributed by atoms with E-state index in [1.54, 1.807) is 0 Å². The van der Waals surface area contributed by atoms with Crippen molar-refractivity contribution in [3.63, 3.8) is 0 Å². The average Bonchev–Trinajstić information content (AvgIpc) is 2.47. The molecular weight excluding hydrogens is 271 g/mol. The molecule has 0 amide bonds. The fraction of sp³-hybridized carbons (Fsp3) is 0.625. The highest BCUT2D eigenvalue weighted by Gasteiger charge is 2.27. The third-order valence-electron chi connectivity index (χ3n) is 3.94. The monoisotopic (exact) mass is 296 g/mol. The van der Waals surface area contributed by atoms with E-state index in [0.29, 0.717) is 11.5 Å². The Labute approximate surface area is 125 Å². The van der Waals surface area contributed by atoms with Gasteiger partial charge in [-0.15, -0.1) is 0 Å². The number of ether oxygens (including phenoxy) is 1. The summed E-state index contributed by atoms with van der Waals surface area (Å²) >= 11 is 0. The first-order chi connectivity index (χ1) is 10.0. The molecule has 2 rings (SSSR count). The first kappa shape index (κ1) is 16.0. The van der Waals surface area contributed by atoms with E-state index in [-0.39, 0.29) is 23.4 Å². The van der Waals surface area contributed by atoms with Crippen molar-refractivity contribution in [1.29, 1.82) is 0 Å². The van der Waals surface area contributed by atoms with Crippen LogP contribution in [0.2, 0.25) is 0 Å². The van der Waals surface area contributed by atoms with Crippen LogP contribution < -0.4 is 10.1 Å². The second kappa shape index (κ2) is 7.09. The van der Waals surface area contributed by atoms with E-state index in [0.717, 1.165) is 32.6 Å². The Morgan fingerprint density at radius 3 is 2.57 bits per heavy atom. The van der Waals surface area contributed by atoms with Gasteiger partial charge in [0.1, 0.15) is 5.82 Å². The van der Waals surface area contributed by atoms with Crippen molar-refractivity contribution in [3.8, 4) is 11.5 Å². The van der Waals surface area contributed by atoms with Crippen molar-refractivity contribution in [2.75, 3.05) is 33.3 Å². The minimum atomic E-state index is -0.372. The zero-order chi connectivity index (χ0) is 15.4. The molecule has 1 aromatic rings. The normalized spacial score (nSPS) is 18.0. The molecule has 1 saturated heterocycles. The maximum Gasteiger partial charge on any atom is 0.163 e. The van der Waals surface area contributed by atoms with Crippen LogP contribution in [0.1, 0.15) is 31.9 Å². The molecule has 0 saturated carbocycles. The van der Waals surface area contributed by atoms with Gasteiger partial charge in [0.15, 0.2) is 11.5 Å². The van der Waals surface area contributed by atoms with Gasteiger partial charge in [0.05, 0.1) is 7.11 Å². The number of methoxy groups -OCH3 is 1.